The second-order valence-corrected chi connectivity index (χ2v) is 9.10. The van der Waals surface area contributed by atoms with Crippen LogP contribution in [0.25, 0.3) is 6.08 Å². The lowest BCUT2D eigenvalue weighted by Crippen LogP contribution is -2.27. The first-order valence-electron chi connectivity index (χ1n) is 10.5. The third-order valence-electron chi connectivity index (χ3n) is 4.97. The molecule has 172 valence electrons. The standard InChI is InChI=1S/C26H21ClN2O4S/c1-17-3-2-4-19(13-17)15-29-25(31)23(34-26(29)32)14-18-5-11-22(12-6-18)33-16-24(30)28-21-9-7-20(27)8-10-21/h2-14H,15-16H2,1H3,(H,28,30)/b23-14-. The number of carbonyl (C=O) groups excluding carboxylic acids is 3. The fraction of sp³-hybridized carbons (Fsp3) is 0.115. The smallest absolute Gasteiger partial charge is 0.293 e. The maximum atomic E-state index is 12.8. The number of nitrogens with one attached hydrogen (secondary N) is 1. The lowest BCUT2D eigenvalue weighted by Gasteiger charge is -2.12. The zero-order valence-corrected chi connectivity index (χ0v) is 19.9. The molecule has 1 fully saturated rings. The van der Waals surface area contributed by atoms with Gasteiger partial charge in [0.15, 0.2) is 6.61 Å². The van der Waals surface area contributed by atoms with E-state index in [1.165, 1.54) is 4.90 Å². The molecule has 1 aliphatic rings. The van der Waals surface area contributed by atoms with Gasteiger partial charge in [-0.3, -0.25) is 19.3 Å². The largest absolute Gasteiger partial charge is 0.484 e. The van der Waals surface area contributed by atoms with Crippen molar-refractivity contribution in [1.82, 2.24) is 4.90 Å². The van der Waals surface area contributed by atoms with Gasteiger partial charge in [0.25, 0.3) is 17.1 Å². The summed E-state index contributed by atoms with van der Waals surface area (Å²) in [4.78, 5) is 38.8. The first-order valence-corrected chi connectivity index (χ1v) is 11.7. The van der Waals surface area contributed by atoms with Crippen molar-refractivity contribution >= 4 is 52.2 Å². The summed E-state index contributed by atoms with van der Waals surface area (Å²) in [5.74, 6) is -0.0969. The van der Waals surface area contributed by atoms with Crippen molar-refractivity contribution in [3.8, 4) is 5.75 Å². The molecule has 0 aliphatic carbocycles. The summed E-state index contributed by atoms with van der Waals surface area (Å²) >= 11 is 6.76. The van der Waals surface area contributed by atoms with Crippen LogP contribution in [0.2, 0.25) is 5.02 Å². The van der Waals surface area contributed by atoms with Crippen LogP contribution in [0.5, 0.6) is 5.75 Å². The number of imide groups is 1. The highest BCUT2D eigenvalue weighted by molar-refractivity contribution is 8.18. The van der Waals surface area contributed by atoms with Gasteiger partial charge in [-0.2, -0.15) is 0 Å². The van der Waals surface area contributed by atoms with E-state index in [2.05, 4.69) is 5.32 Å². The topological polar surface area (TPSA) is 75.7 Å². The van der Waals surface area contributed by atoms with Crippen LogP contribution in [0, 0.1) is 6.92 Å². The van der Waals surface area contributed by atoms with Gasteiger partial charge in [-0.15, -0.1) is 0 Å². The first kappa shape index (κ1) is 23.6. The molecule has 0 aromatic heterocycles. The minimum Gasteiger partial charge on any atom is -0.484 e. The molecule has 6 nitrogen and oxygen atoms in total. The molecule has 0 saturated carbocycles. The number of ether oxygens (including phenoxy) is 1. The van der Waals surface area contributed by atoms with E-state index in [9.17, 15) is 14.4 Å². The maximum absolute atomic E-state index is 12.8. The van der Waals surface area contributed by atoms with E-state index in [1.807, 2.05) is 31.2 Å². The number of carbonyl (C=O) groups is 3. The van der Waals surface area contributed by atoms with Crippen LogP contribution in [0.1, 0.15) is 16.7 Å². The summed E-state index contributed by atoms with van der Waals surface area (Å²) in [6, 6.07) is 21.5. The van der Waals surface area contributed by atoms with Crippen LogP contribution in [-0.4, -0.2) is 28.6 Å². The summed E-state index contributed by atoms with van der Waals surface area (Å²) in [6.07, 6.45) is 1.68. The molecular weight excluding hydrogens is 472 g/mol. The molecule has 1 N–H and O–H groups in total. The monoisotopic (exact) mass is 492 g/mol. The van der Waals surface area contributed by atoms with E-state index >= 15 is 0 Å². The molecule has 3 aromatic carbocycles. The van der Waals surface area contributed by atoms with Crippen molar-refractivity contribution in [2.24, 2.45) is 0 Å². The molecule has 4 rings (SSSR count). The van der Waals surface area contributed by atoms with Gasteiger partial charge in [0.1, 0.15) is 5.75 Å². The molecule has 3 aromatic rings. The second kappa shape index (κ2) is 10.6. The molecule has 8 heteroatoms. The van der Waals surface area contributed by atoms with Crippen molar-refractivity contribution in [2.45, 2.75) is 13.5 Å². The SMILES string of the molecule is Cc1cccc(CN2C(=O)S/C(=C\c3ccc(OCC(=O)Nc4ccc(Cl)cc4)cc3)C2=O)c1. The number of rotatable bonds is 7. The van der Waals surface area contributed by atoms with Crippen molar-refractivity contribution in [2.75, 3.05) is 11.9 Å². The van der Waals surface area contributed by atoms with Gasteiger partial charge in [-0.05, 0) is 72.3 Å². The fourth-order valence-corrected chi connectivity index (χ4v) is 4.28. The molecule has 0 bridgehead atoms. The molecule has 0 atom stereocenters. The van der Waals surface area contributed by atoms with Crippen LogP contribution in [0.15, 0.2) is 77.7 Å². The summed E-state index contributed by atoms with van der Waals surface area (Å²) in [7, 11) is 0. The quantitative estimate of drug-likeness (QED) is 0.415. The van der Waals surface area contributed by atoms with Crippen LogP contribution >= 0.6 is 23.4 Å². The number of thioether (sulfide) groups is 1. The lowest BCUT2D eigenvalue weighted by molar-refractivity contribution is -0.123. The Bertz CT molecular complexity index is 1260. The predicted octanol–water partition coefficient (Wildman–Crippen LogP) is 5.90. The van der Waals surface area contributed by atoms with Gasteiger partial charge in [0.05, 0.1) is 11.4 Å². The number of benzene rings is 3. The molecular formula is C26H21ClN2O4S. The molecule has 1 heterocycles. The Morgan fingerprint density at radius 1 is 1.06 bits per heavy atom. The van der Waals surface area contributed by atoms with Crippen LogP contribution in [-0.2, 0) is 16.1 Å². The zero-order valence-electron chi connectivity index (χ0n) is 18.3. The van der Waals surface area contributed by atoms with Crippen molar-refractivity contribution < 1.29 is 19.1 Å². The van der Waals surface area contributed by atoms with Gasteiger partial charge in [-0.1, -0.05) is 53.6 Å². The highest BCUT2D eigenvalue weighted by atomic mass is 35.5. The number of hydrogen-bond donors (Lipinski definition) is 1. The summed E-state index contributed by atoms with van der Waals surface area (Å²) in [5.41, 5.74) is 3.36. The Morgan fingerprint density at radius 3 is 2.50 bits per heavy atom. The van der Waals surface area contributed by atoms with E-state index in [-0.39, 0.29) is 30.2 Å². The van der Waals surface area contributed by atoms with Gasteiger partial charge < -0.3 is 10.1 Å². The van der Waals surface area contributed by atoms with E-state index in [1.54, 1.807) is 54.6 Å². The number of nitrogens with zero attached hydrogens (tertiary/aromatic N) is 1. The van der Waals surface area contributed by atoms with Gasteiger partial charge in [0, 0.05) is 10.7 Å². The molecule has 1 saturated heterocycles. The number of anilines is 1. The summed E-state index contributed by atoms with van der Waals surface area (Å²) in [5, 5.41) is 3.02. The average molecular weight is 493 g/mol. The second-order valence-electron chi connectivity index (χ2n) is 7.67. The third-order valence-corrected chi connectivity index (χ3v) is 6.13. The van der Waals surface area contributed by atoms with Gasteiger partial charge in [0.2, 0.25) is 0 Å². The molecule has 1 aliphatic heterocycles. The highest BCUT2D eigenvalue weighted by Crippen LogP contribution is 2.33. The lowest BCUT2D eigenvalue weighted by atomic mass is 10.1. The van der Waals surface area contributed by atoms with Crippen molar-refractivity contribution in [3.63, 3.8) is 0 Å². The maximum Gasteiger partial charge on any atom is 0.293 e. The molecule has 3 amide bonds. The Balaban J connectivity index is 1.33. The Labute approximate surface area is 206 Å². The molecule has 0 radical (unpaired) electrons. The average Bonchev–Trinajstić information content (AvgIpc) is 3.07. The Kier molecular flexibility index (Phi) is 7.35. The van der Waals surface area contributed by atoms with E-state index in [0.29, 0.717) is 21.4 Å². The Morgan fingerprint density at radius 2 is 1.79 bits per heavy atom. The van der Waals surface area contributed by atoms with E-state index in [4.69, 9.17) is 16.3 Å². The van der Waals surface area contributed by atoms with Crippen LogP contribution in [0.4, 0.5) is 10.5 Å². The highest BCUT2D eigenvalue weighted by Gasteiger charge is 2.34. The zero-order chi connectivity index (χ0) is 24.1. The molecule has 34 heavy (non-hydrogen) atoms. The van der Waals surface area contributed by atoms with Gasteiger partial charge >= 0.3 is 0 Å². The van der Waals surface area contributed by atoms with Crippen molar-refractivity contribution in [1.29, 1.82) is 0 Å². The van der Waals surface area contributed by atoms with E-state index < -0.39 is 0 Å². The van der Waals surface area contributed by atoms with Gasteiger partial charge in [-0.25, -0.2) is 0 Å². The minimum absolute atomic E-state index is 0.153. The van der Waals surface area contributed by atoms with Crippen LogP contribution in [0.3, 0.4) is 0 Å². The fourth-order valence-electron chi connectivity index (χ4n) is 3.32. The predicted molar refractivity (Wildman–Crippen MR) is 135 cm³/mol. The number of aryl methyl sites for hydroxylation is 1. The Hall–Kier alpha value is -3.55. The molecule has 0 spiro atoms. The van der Waals surface area contributed by atoms with E-state index in [0.717, 1.165) is 28.5 Å². The first-order chi connectivity index (χ1) is 16.4. The minimum atomic E-state index is -0.310. The molecule has 0 unspecified atom stereocenters. The number of hydrogen-bond acceptors (Lipinski definition) is 5. The number of halogens is 1. The summed E-state index contributed by atoms with van der Waals surface area (Å²) in [6.45, 7) is 2.06. The third kappa shape index (κ3) is 6.07. The normalized spacial score (nSPS) is 14.5. The number of amides is 3. The summed E-state index contributed by atoms with van der Waals surface area (Å²) < 4.78 is 5.53. The van der Waals surface area contributed by atoms with Crippen LogP contribution < -0.4 is 10.1 Å². The van der Waals surface area contributed by atoms with Crippen molar-refractivity contribution in [3.05, 3.63) is 99.4 Å².